The monoisotopic (exact) mass is 397 g/mol. The second kappa shape index (κ2) is 13.2. The van der Waals surface area contributed by atoms with Crippen LogP contribution in [-0.2, 0) is 16.0 Å². The summed E-state index contributed by atoms with van der Waals surface area (Å²) in [6.45, 7) is 5.91. The molecule has 116 valence electrons. The summed E-state index contributed by atoms with van der Waals surface area (Å²) in [7, 11) is 1.66. The maximum absolute atomic E-state index is 5.36. The summed E-state index contributed by atoms with van der Waals surface area (Å²) in [5, 5.41) is 6.36. The number of furan rings is 1. The van der Waals surface area contributed by atoms with Gasteiger partial charge in [0.2, 0.25) is 0 Å². The first-order valence-corrected chi connectivity index (χ1v) is 6.48. The van der Waals surface area contributed by atoms with Gasteiger partial charge in [0.25, 0.3) is 0 Å². The van der Waals surface area contributed by atoms with Crippen LogP contribution in [0.25, 0.3) is 0 Å². The van der Waals surface area contributed by atoms with Gasteiger partial charge in [-0.15, -0.1) is 24.0 Å². The number of methoxy groups -OCH3 is 1. The first-order valence-electron chi connectivity index (χ1n) is 6.48. The fraction of sp³-hybridized carbons (Fsp3) is 0.615. The van der Waals surface area contributed by atoms with E-state index in [9.17, 15) is 0 Å². The smallest absolute Gasteiger partial charge is 0.191 e. The molecule has 0 amide bonds. The van der Waals surface area contributed by atoms with Crippen molar-refractivity contribution in [3.63, 3.8) is 0 Å². The highest BCUT2D eigenvalue weighted by Gasteiger charge is 1.98. The van der Waals surface area contributed by atoms with Crippen LogP contribution in [0.4, 0.5) is 0 Å². The molecule has 0 radical (unpaired) electrons. The van der Waals surface area contributed by atoms with Crippen molar-refractivity contribution in [2.24, 2.45) is 4.99 Å². The van der Waals surface area contributed by atoms with Crippen LogP contribution in [-0.4, -0.2) is 46.0 Å². The molecular formula is C13H24IN3O3. The molecular weight excluding hydrogens is 373 g/mol. The van der Waals surface area contributed by atoms with E-state index >= 15 is 0 Å². The molecule has 0 aliphatic rings. The van der Waals surface area contributed by atoms with Crippen LogP contribution in [0.15, 0.2) is 27.8 Å². The van der Waals surface area contributed by atoms with E-state index in [1.807, 2.05) is 19.1 Å². The van der Waals surface area contributed by atoms with E-state index in [0.717, 1.165) is 18.3 Å². The summed E-state index contributed by atoms with van der Waals surface area (Å²) in [5.74, 6) is 1.60. The van der Waals surface area contributed by atoms with Crippen LogP contribution in [0.2, 0.25) is 0 Å². The van der Waals surface area contributed by atoms with Crippen LogP contribution in [0.1, 0.15) is 12.7 Å². The van der Waals surface area contributed by atoms with E-state index in [1.54, 1.807) is 13.4 Å². The predicted molar refractivity (Wildman–Crippen MR) is 89.6 cm³/mol. The lowest BCUT2D eigenvalue weighted by Gasteiger charge is -2.11. The van der Waals surface area contributed by atoms with Gasteiger partial charge in [-0.25, -0.2) is 4.99 Å². The van der Waals surface area contributed by atoms with Gasteiger partial charge < -0.3 is 24.5 Å². The first kappa shape index (κ1) is 19.2. The molecule has 0 aliphatic carbocycles. The molecule has 0 atom stereocenters. The van der Waals surface area contributed by atoms with Gasteiger partial charge in [-0.3, -0.25) is 0 Å². The van der Waals surface area contributed by atoms with Crippen molar-refractivity contribution in [1.82, 2.24) is 10.6 Å². The number of halogens is 1. The third kappa shape index (κ3) is 9.16. The Morgan fingerprint density at radius 2 is 2.15 bits per heavy atom. The number of aliphatic imine (C=N–C) groups is 1. The minimum absolute atomic E-state index is 0. The van der Waals surface area contributed by atoms with E-state index in [2.05, 4.69) is 15.6 Å². The molecule has 6 nitrogen and oxygen atoms in total. The molecule has 0 saturated carbocycles. The van der Waals surface area contributed by atoms with Crippen molar-refractivity contribution in [3.8, 4) is 0 Å². The third-order valence-corrected chi connectivity index (χ3v) is 2.29. The fourth-order valence-corrected chi connectivity index (χ4v) is 1.39. The van der Waals surface area contributed by atoms with Gasteiger partial charge in [-0.1, -0.05) is 0 Å². The Balaban J connectivity index is 0.00000361. The lowest BCUT2D eigenvalue weighted by atomic mass is 10.4. The van der Waals surface area contributed by atoms with Crippen LogP contribution < -0.4 is 10.6 Å². The average molecular weight is 397 g/mol. The predicted octanol–water partition coefficient (Wildman–Crippen LogP) is 1.62. The summed E-state index contributed by atoms with van der Waals surface area (Å²) in [4.78, 5) is 4.41. The SMILES string of the molecule is CCNC(=NCc1ccco1)NCCOCCOC.I. The van der Waals surface area contributed by atoms with Crippen molar-refractivity contribution < 1.29 is 13.9 Å². The molecule has 0 aromatic carbocycles. The fourth-order valence-electron chi connectivity index (χ4n) is 1.39. The Labute approximate surface area is 137 Å². The van der Waals surface area contributed by atoms with E-state index in [1.165, 1.54) is 0 Å². The van der Waals surface area contributed by atoms with Crippen LogP contribution in [0.3, 0.4) is 0 Å². The average Bonchev–Trinajstić information content (AvgIpc) is 2.93. The quantitative estimate of drug-likeness (QED) is 0.287. The lowest BCUT2D eigenvalue weighted by molar-refractivity contribution is 0.0733. The molecule has 2 N–H and O–H groups in total. The molecule has 0 bridgehead atoms. The van der Waals surface area contributed by atoms with Crippen LogP contribution in [0.5, 0.6) is 0 Å². The summed E-state index contributed by atoms with van der Waals surface area (Å²) in [6.07, 6.45) is 1.65. The summed E-state index contributed by atoms with van der Waals surface area (Å²) in [6, 6.07) is 3.76. The van der Waals surface area contributed by atoms with E-state index in [-0.39, 0.29) is 24.0 Å². The van der Waals surface area contributed by atoms with Gasteiger partial charge >= 0.3 is 0 Å². The molecule has 1 aromatic rings. The molecule has 1 heterocycles. The van der Waals surface area contributed by atoms with Crippen molar-refractivity contribution in [3.05, 3.63) is 24.2 Å². The maximum Gasteiger partial charge on any atom is 0.191 e. The molecule has 20 heavy (non-hydrogen) atoms. The summed E-state index contributed by atoms with van der Waals surface area (Å²) < 4.78 is 15.5. The first-order chi connectivity index (χ1) is 9.36. The van der Waals surface area contributed by atoms with Crippen molar-refractivity contribution in [2.45, 2.75) is 13.5 Å². The number of nitrogens with zero attached hydrogens (tertiary/aromatic N) is 1. The van der Waals surface area contributed by atoms with Crippen LogP contribution in [0, 0.1) is 0 Å². The van der Waals surface area contributed by atoms with Gasteiger partial charge in [0.1, 0.15) is 12.3 Å². The van der Waals surface area contributed by atoms with Crippen LogP contribution >= 0.6 is 24.0 Å². The number of ether oxygens (including phenoxy) is 2. The molecule has 0 saturated heterocycles. The zero-order valence-electron chi connectivity index (χ0n) is 12.1. The lowest BCUT2D eigenvalue weighted by Crippen LogP contribution is -2.39. The minimum Gasteiger partial charge on any atom is -0.467 e. The second-order valence-electron chi connectivity index (χ2n) is 3.81. The minimum atomic E-state index is 0. The largest absolute Gasteiger partial charge is 0.467 e. The number of nitrogens with one attached hydrogen (secondary N) is 2. The van der Waals surface area contributed by atoms with Crippen molar-refractivity contribution in [1.29, 1.82) is 0 Å². The third-order valence-electron chi connectivity index (χ3n) is 2.29. The molecule has 0 fully saturated rings. The summed E-state index contributed by atoms with van der Waals surface area (Å²) in [5.41, 5.74) is 0. The zero-order chi connectivity index (χ0) is 13.8. The highest BCUT2D eigenvalue weighted by molar-refractivity contribution is 14.0. The molecule has 0 aliphatic heterocycles. The Bertz CT molecular complexity index is 345. The highest BCUT2D eigenvalue weighted by atomic mass is 127. The van der Waals surface area contributed by atoms with Gasteiger partial charge in [0.05, 0.1) is 26.1 Å². The number of rotatable bonds is 9. The normalized spacial score (nSPS) is 11.0. The van der Waals surface area contributed by atoms with Crippen molar-refractivity contribution >= 4 is 29.9 Å². The Hall–Kier alpha value is -0.800. The van der Waals surface area contributed by atoms with Gasteiger partial charge in [-0.05, 0) is 19.1 Å². The van der Waals surface area contributed by atoms with Gasteiger partial charge in [0.15, 0.2) is 5.96 Å². The number of hydrogen-bond acceptors (Lipinski definition) is 4. The second-order valence-corrected chi connectivity index (χ2v) is 3.81. The number of hydrogen-bond donors (Lipinski definition) is 2. The van der Waals surface area contributed by atoms with E-state index in [4.69, 9.17) is 13.9 Å². The molecule has 0 spiro atoms. The maximum atomic E-state index is 5.36. The molecule has 1 rings (SSSR count). The zero-order valence-corrected chi connectivity index (χ0v) is 14.4. The Morgan fingerprint density at radius 1 is 1.30 bits per heavy atom. The van der Waals surface area contributed by atoms with E-state index < -0.39 is 0 Å². The topological polar surface area (TPSA) is 68.0 Å². The van der Waals surface area contributed by atoms with Gasteiger partial charge in [-0.2, -0.15) is 0 Å². The number of guanidine groups is 1. The van der Waals surface area contributed by atoms with Crippen molar-refractivity contribution in [2.75, 3.05) is 40.0 Å². The molecule has 0 unspecified atom stereocenters. The Morgan fingerprint density at radius 3 is 2.80 bits per heavy atom. The summed E-state index contributed by atoms with van der Waals surface area (Å²) >= 11 is 0. The molecule has 1 aromatic heterocycles. The Kier molecular flexibility index (Phi) is 12.7. The highest BCUT2D eigenvalue weighted by Crippen LogP contribution is 2.00. The van der Waals surface area contributed by atoms with E-state index in [0.29, 0.717) is 32.9 Å². The van der Waals surface area contributed by atoms with Gasteiger partial charge in [0, 0.05) is 20.2 Å². The molecule has 7 heteroatoms. The standard InChI is InChI=1S/C13H23N3O3.HI/c1-3-14-13(15-6-8-18-10-9-17-2)16-11-12-5-4-7-19-12;/h4-5,7H,3,6,8-11H2,1-2H3,(H2,14,15,16);1H.